The number of carboxylic acid groups (broad SMARTS) is 1. The van der Waals surface area contributed by atoms with Crippen LogP contribution in [0.3, 0.4) is 0 Å². The number of halogens is 1. The zero-order valence-corrected chi connectivity index (χ0v) is 12.5. The minimum Gasteiger partial charge on any atom is -0.477 e. The van der Waals surface area contributed by atoms with Gasteiger partial charge in [-0.1, -0.05) is 12.1 Å². The molecule has 2 N–H and O–H groups in total. The Hall–Kier alpha value is -1.77. The molecule has 0 saturated carbocycles. The monoisotopic (exact) mass is 329 g/mol. The van der Waals surface area contributed by atoms with Crippen molar-refractivity contribution in [1.29, 1.82) is 0 Å². The number of aromatic carboxylic acids is 1. The molecule has 0 aliphatic rings. The van der Waals surface area contributed by atoms with E-state index in [0.717, 1.165) is 0 Å². The predicted octanol–water partition coefficient (Wildman–Crippen LogP) is 2.62. The SMILES string of the molecule is C[C@@H](NS(=O)(=O)c1ccc(C(=O)O)s1)c1cccc(F)c1. The molecule has 0 saturated heterocycles. The fourth-order valence-corrected chi connectivity index (χ4v) is 4.11. The lowest BCUT2D eigenvalue weighted by Crippen LogP contribution is -2.26. The van der Waals surface area contributed by atoms with Crippen molar-refractivity contribution >= 4 is 27.3 Å². The number of carbonyl (C=O) groups is 1. The number of hydrogen-bond donors (Lipinski definition) is 2. The number of thiophene rings is 1. The number of hydrogen-bond acceptors (Lipinski definition) is 4. The molecule has 0 unspecified atom stereocenters. The Kier molecular flexibility index (Phi) is 4.40. The molecule has 0 amide bonds. The molecule has 1 aromatic carbocycles. The van der Waals surface area contributed by atoms with Gasteiger partial charge in [-0.3, -0.25) is 0 Å². The van der Waals surface area contributed by atoms with Gasteiger partial charge in [0.1, 0.15) is 14.9 Å². The summed E-state index contributed by atoms with van der Waals surface area (Å²) in [6, 6.07) is 7.42. The largest absolute Gasteiger partial charge is 0.477 e. The highest BCUT2D eigenvalue weighted by Gasteiger charge is 2.22. The van der Waals surface area contributed by atoms with E-state index in [1.165, 1.54) is 30.3 Å². The summed E-state index contributed by atoms with van der Waals surface area (Å²) < 4.78 is 39.7. The Bertz CT molecular complexity index is 770. The summed E-state index contributed by atoms with van der Waals surface area (Å²) in [5.74, 6) is -1.64. The second-order valence-electron chi connectivity index (χ2n) is 4.32. The molecule has 112 valence electrons. The molecule has 0 bridgehead atoms. The fraction of sp³-hybridized carbons (Fsp3) is 0.154. The highest BCUT2D eigenvalue weighted by Crippen LogP contribution is 2.24. The molecule has 1 aromatic heterocycles. The van der Waals surface area contributed by atoms with Crippen molar-refractivity contribution < 1.29 is 22.7 Å². The van der Waals surface area contributed by atoms with Gasteiger partial charge in [0.15, 0.2) is 0 Å². The van der Waals surface area contributed by atoms with Crippen molar-refractivity contribution in [3.8, 4) is 0 Å². The van der Waals surface area contributed by atoms with Gasteiger partial charge in [0.2, 0.25) is 0 Å². The minimum atomic E-state index is -3.85. The van der Waals surface area contributed by atoms with Crippen LogP contribution in [0.15, 0.2) is 40.6 Å². The van der Waals surface area contributed by atoms with E-state index in [2.05, 4.69) is 4.72 Å². The number of nitrogens with one attached hydrogen (secondary N) is 1. The van der Waals surface area contributed by atoms with Crippen molar-refractivity contribution in [3.63, 3.8) is 0 Å². The fourth-order valence-electron chi connectivity index (χ4n) is 1.71. The summed E-state index contributed by atoms with van der Waals surface area (Å²) in [4.78, 5) is 10.7. The third-order valence-corrected chi connectivity index (χ3v) is 5.84. The van der Waals surface area contributed by atoms with Crippen molar-refractivity contribution in [3.05, 3.63) is 52.7 Å². The van der Waals surface area contributed by atoms with Gasteiger partial charge in [-0.2, -0.15) is 0 Å². The average Bonchev–Trinajstić information content (AvgIpc) is 2.88. The first-order chi connectivity index (χ1) is 9.79. The molecule has 0 fully saturated rings. The molecule has 21 heavy (non-hydrogen) atoms. The Labute approximate surface area is 125 Å². The van der Waals surface area contributed by atoms with Gasteiger partial charge in [-0.25, -0.2) is 22.3 Å². The first kappa shape index (κ1) is 15.6. The van der Waals surface area contributed by atoms with Gasteiger partial charge in [-0.05, 0) is 36.8 Å². The molecule has 1 heterocycles. The Morgan fingerprint density at radius 1 is 1.33 bits per heavy atom. The van der Waals surface area contributed by atoms with E-state index in [9.17, 15) is 17.6 Å². The summed E-state index contributed by atoms with van der Waals surface area (Å²) >= 11 is 0.664. The first-order valence-electron chi connectivity index (χ1n) is 5.90. The van der Waals surface area contributed by atoms with Gasteiger partial charge in [0.05, 0.1) is 0 Å². The van der Waals surface area contributed by atoms with E-state index in [0.29, 0.717) is 16.9 Å². The molecule has 2 rings (SSSR count). The highest BCUT2D eigenvalue weighted by molar-refractivity contribution is 7.91. The Balaban J connectivity index is 2.22. The third kappa shape index (κ3) is 3.66. The van der Waals surface area contributed by atoms with Crippen LogP contribution >= 0.6 is 11.3 Å². The number of carboxylic acids is 1. The quantitative estimate of drug-likeness (QED) is 0.883. The van der Waals surface area contributed by atoms with Crippen LogP contribution in [0, 0.1) is 5.82 Å². The van der Waals surface area contributed by atoms with E-state index in [-0.39, 0.29) is 9.09 Å². The number of benzene rings is 1. The van der Waals surface area contributed by atoms with Crippen molar-refractivity contribution in [2.75, 3.05) is 0 Å². The van der Waals surface area contributed by atoms with Crippen LogP contribution in [0.1, 0.15) is 28.2 Å². The van der Waals surface area contributed by atoms with Crippen LogP contribution in [0.25, 0.3) is 0 Å². The molecule has 0 radical (unpaired) electrons. The molecule has 0 spiro atoms. The van der Waals surface area contributed by atoms with E-state index in [4.69, 9.17) is 5.11 Å². The van der Waals surface area contributed by atoms with Crippen molar-refractivity contribution in [2.24, 2.45) is 0 Å². The summed E-state index contributed by atoms with van der Waals surface area (Å²) in [5.41, 5.74) is 0.480. The Morgan fingerprint density at radius 3 is 2.62 bits per heavy atom. The molecule has 0 aliphatic heterocycles. The van der Waals surface area contributed by atoms with E-state index in [1.54, 1.807) is 13.0 Å². The first-order valence-corrected chi connectivity index (χ1v) is 8.20. The molecular formula is C13H12FNO4S2. The summed E-state index contributed by atoms with van der Waals surface area (Å²) in [5, 5.41) is 8.81. The van der Waals surface area contributed by atoms with E-state index < -0.39 is 27.9 Å². The van der Waals surface area contributed by atoms with Gasteiger partial charge < -0.3 is 5.11 Å². The van der Waals surface area contributed by atoms with Gasteiger partial charge >= 0.3 is 5.97 Å². The number of sulfonamides is 1. The Morgan fingerprint density at radius 2 is 2.05 bits per heavy atom. The molecule has 8 heteroatoms. The third-order valence-electron chi connectivity index (χ3n) is 2.74. The van der Waals surface area contributed by atoms with Crippen LogP contribution in [-0.2, 0) is 10.0 Å². The van der Waals surface area contributed by atoms with Crippen LogP contribution in [0.2, 0.25) is 0 Å². The van der Waals surface area contributed by atoms with Gasteiger partial charge in [0.25, 0.3) is 10.0 Å². The summed E-state index contributed by atoms with van der Waals surface area (Å²) in [6.07, 6.45) is 0. The van der Waals surface area contributed by atoms with Crippen molar-refractivity contribution in [2.45, 2.75) is 17.2 Å². The molecule has 1 atom stereocenters. The lowest BCUT2D eigenvalue weighted by atomic mass is 10.1. The molecule has 5 nitrogen and oxygen atoms in total. The lowest BCUT2D eigenvalue weighted by molar-refractivity contribution is 0.0702. The second kappa shape index (κ2) is 5.92. The van der Waals surface area contributed by atoms with E-state index in [1.807, 2.05) is 0 Å². The normalized spacial score (nSPS) is 13.0. The summed E-state index contributed by atoms with van der Waals surface area (Å²) in [6.45, 7) is 1.58. The second-order valence-corrected chi connectivity index (χ2v) is 7.35. The standard InChI is InChI=1S/C13H12FNO4S2/c1-8(9-3-2-4-10(14)7-9)15-21(18,19)12-6-5-11(20-12)13(16)17/h2-8,15H,1H3,(H,16,17)/t8-/m1/s1. The maximum absolute atomic E-state index is 13.1. The lowest BCUT2D eigenvalue weighted by Gasteiger charge is -2.13. The van der Waals surface area contributed by atoms with Crippen LogP contribution in [0.5, 0.6) is 0 Å². The highest BCUT2D eigenvalue weighted by atomic mass is 32.2. The topological polar surface area (TPSA) is 83.5 Å². The number of rotatable bonds is 5. The minimum absolute atomic E-state index is 0.0613. The van der Waals surface area contributed by atoms with Crippen LogP contribution in [0.4, 0.5) is 4.39 Å². The zero-order valence-electron chi connectivity index (χ0n) is 10.9. The van der Waals surface area contributed by atoms with Gasteiger partial charge in [0, 0.05) is 6.04 Å². The maximum Gasteiger partial charge on any atom is 0.345 e. The predicted molar refractivity (Wildman–Crippen MR) is 76.4 cm³/mol. The smallest absolute Gasteiger partial charge is 0.345 e. The van der Waals surface area contributed by atoms with Gasteiger partial charge in [-0.15, -0.1) is 11.3 Å². The molecule has 0 aliphatic carbocycles. The van der Waals surface area contributed by atoms with Crippen molar-refractivity contribution in [1.82, 2.24) is 4.72 Å². The van der Waals surface area contributed by atoms with Crippen LogP contribution in [-0.4, -0.2) is 19.5 Å². The molecular weight excluding hydrogens is 317 g/mol. The van der Waals surface area contributed by atoms with E-state index >= 15 is 0 Å². The van der Waals surface area contributed by atoms with Crippen LogP contribution < -0.4 is 4.72 Å². The average molecular weight is 329 g/mol. The maximum atomic E-state index is 13.1. The summed E-state index contributed by atoms with van der Waals surface area (Å²) in [7, 11) is -3.85. The zero-order chi connectivity index (χ0) is 15.6. The molecule has 2 aromatic rings.